The Morgan fingerprint density at radius 2 is 0.575 bits per heavy atom. The van der Waals surface area contributed by atoms with Gasteiger partial charge in [0.2, 0.25) is 0 Å². The fraction of sp³-hybridized carbons (Fsp3) is 1.00. The number of aliphatic hydroxyl groups is 1. The minimum absolute atomic E-state index is 3.13. The lowest BCUT2D eigenvalue weighted by Gasteiger charge is -2.47. The SMILES string of the molecule is O=P(O)(O)O[C@@H]1[C@@H](OP(=O)(O)OP(=O)(O)O)[C@H](OP(=O)(O)OP(=O)(O)O)[C@H](OP(=O)(O)O)[C@H](O)[C@H]1OP(=O)(O)O. The van der Waals surface area contributed by atoms with E-state index in [-0.39, 0.29) is 0 Å². The van der Waals surface area contributed by atoms with Gasteiger partial charge in [0.15, 0.2) is 0 Å². The van der Waals surface area contributed by atoms with Crippen LogP contribution in [-0.4, -0.2) is 100 Å². The van der Waals surface area contributed by atoms with Gasteiger partial charge >= 0.3 is 54.8 Å². The van der Waals surface area contributed by atoms with E-state index in [1.54, 1.807) is 0 Å². The van der Waals surface area contributed by atoms with Crippen molar-refractivity contribution in [3.8, 4) is 0 Å². The van der Waals surface area contributed by atoms with E-state index in [1.165, 1.54) is 0 Å². The van der Waals surface area contributed by atoms with Gasteiger partial charge in [-0.1, -0.05) is 0 Å². The van der Waals surface area contributed by atoms with Crippen LogP contribution in [0.1, 0.15) is 0 Å². The maximum absolute atomic E-state index is 12.2. The van der Waals surface area contributed by atoms with Gasteiger partial charge < -0.3 is 63.8 Å². The molecule has 240 valence electrons. The topological polar surface area (TPSA) is 447 Å². The Balaban J connectivity index is 3.98. The first-order valence-electron chi connectivity index (χ1n) is 8.76. The van der Waals surface area contributed by atoms with Crippen molar-refractivity contribution in [1.82, 2.24) is 0 Å². The molecule has 13 N–H and O–H groups in total. The standard InChI is InChI=1S/C6H19O27P7/c7-1-2(27-34(8,9)10)4(29-36(14,15)16)6(31-40(25,26)33-38(20,21)22)5(3(1)28-35(11,12)13)30-39(23,24)32-37(17,18)19/h1-7H,(H,23,24)(H,25,26)(H2,8,9,10)(H2,11,12,13)(H2,14,15,16)(H2,17,18,19)(H2,20,21,22)/t1-,2-,3-,4+,5-,6-/m1/s1. The van der Waals surface area contributed by atoms with E-state index in [4.69, 9.17) is 39.1 Å². The van der Waals surface area contributed by atoms with Crippen LogP contribution in [0.5, 0.6) is 0 Å². The number of aliphatic hydroxyl groups excluding tert-OH is 1. The highest BCUT2D eigenvalue weighted by Gasteiger charge is 2.61. The molecule has 0 bridgehead atoms. The van der Waals surface area contributed by atoms with Crippen LogP contribution in [0.2, 0.25) is 0 Å². The molecule has 1 aliphatic carbocycles. The first-order valence-corrected chi connectivity index (χ1v) is 19.4. The highest BCUT2D eigenvalue weighted by atomic mass is 31.3. The minimum atomic E-state index is -6.43. The van der Waals surface area contributed by atoms with Crippen LogP contribution in [0.4, 0.5) is 0 Å². The molecule has 1 rings (SSSR count). The second-order valence-electron chi connectivity index (χ2n) is 6.89. The summed E-state index contributed by atoms with van der Waals surface area (Å²) < 4.78 is 108. The molecule has 1 aliphatic rings. The monoisotopic (exact) mass is 740 g/mol. The molecule has 2 unspecified atom stereocenters. The lowest BCUT2D eigenvalue weighted by molar-refractivity contribution is -0.205. The summed E-state index contributed by atoms with van der Waals surface area (Å²) in [5, 5.41) is 10.5. The van der Waals surface area contributed by atoms with E-state index < -0.39 is 91.4 Å². The fourth-order valence-electron chi connectivity index (χ4n) is 2.83. The average molecular weight is 740 g/mol. The largest absolute Gasteiger partial charge is 0.481 e. The van der Waals surface area contributed by atoms with Gasteiger partial charge in [0.1, 0.15) is 36.6 Å². The van der Waals surface area contributed by atoms with Gasteiger partial charge in [-0.15, -0.1) is 0 Å². The number of phosphoric acid groups is 7. The van der Waals surface area contributed by atoms with E-state index in [1.807, 2.05) is 0 Å². The molecule has 0 aromatic heterocycles. The average Bonchev–Trinajstić information content (AvgIpc) is 2.57. The van der Waals surface area contributed by atoms with Crippen molar-refractivity contribution in [2.24, 2.45) is 0 Å². The molecule has 1 fully saturated rings. The summed E-state index contributed by atoms with van der Waals surface area (Å²) in [5.74, 6) is 0. The Morgan fingerprint density at radius 1 is 0.350 bits per heavy atom. The van der Waals surface area contributed by atoms with Crippen LogP contribution in [0.3, 0.4) is 0 Å². The van der Waals surface area contributed by atoms with Crippen molar-refractivity contribution < 1.29 is 127 Å². The third-order valence-electron chi connectivity index (χ3n) is 3.67. The van der Waals surface area contributed by atoms with Gasteiger partial charge in [0.25, 0.3) is 0 Å². The van der Waals surface area contributed by atoms with Crippen molar-refractivity contribution >= 4 is 54.8 Å². The summed E-state index contributed by atoms with van der Waals surface area (Å²) in [6, 6.07) is 0. The van der Waals surface area contributed by atoms with Crippen molar-refractivity contribution in [2.45, 2.75) is 36.6 Å². The van der Waals surface area contributed by atoms with E-state index in [0.717, 1.165) is 0 Å². The van der Waals surface area contributed by atoms with E-state index in [0.29, 0.717) is 0 Å². The molecule has 0 spiro atoms. The molecule has 1 saturated carbocycles. The minimum Gasteiger partial charge on any atom is -0.387 e. The highest BCUT2D eigenvalue weighted by molar-refractivity contribution is 7.61. The molecule has 0 radical (unpaired) electrons. The molecular formula is C6H19O27P7. The maximum atomic E-state index is 12.2. The molecule has 0 aliphatic heterocycles. The van der Waals surface area contributed by atoms with Gasteiger partial charge in [0.05, 0.1) is 0 Å². The number of hydrogen-bond acceptors (Lipinski definition) is 15. The van der Waals surface area contributed by atoms with Crippen molar-refractivity contribution in [3.63, 3.8) is 0 Å². The summed E-state index contributed by atoms with van der Waals surface area (Å²) in [4.78, 5) is 109. The maximum Gasteiger partial charge on any atom is 0.481 e. The predicted molar refractivity (Wildman–Crippen MR) is 112 cm³/mol. The molecule has 0 saturated heterocycles. The molecule has 0 heterocycles. The Kier molecular flexibility index (Phi) is 12.7. The van der Waals surface area contributed by atoms with Crippen LogP contribution in [0.15, 0.2) is 0 Å². The molecule has 0 aromatic rings. The molecular weight excluding hydrogens is 721 g/mol. The van der Waals surface area contributed by atoms with Crippen LogP contribution < -0.4 is 0 Å². The van der Waals surface area contributed by atoms with Gasteiger partial charge in [-0.2, -0.15) is 8.62 Å². The van der Waals surface area contributed by atoms with Gasteiger partial charge in [-0.05, 0) is 0 Å². The Hall–Kier alpha value is 0.810. The second kappa shape index (κ2) is 13.0. The zero-order valence-electron chi connectivity index (χ0n) is 18.1. The zero-order chi connectivity index (χ0) is 31.9. The number of phosphoric ester groups is 5. The number of rotatable bonds is 14. The summed E-state index contributed by atoms with van der Waals surface area (Å²) in [6.45, 7) is 0. The van der Waals surface area contributed by atoms with Crippen molar-refractivity contribution in [3.05, 3.63) is 0 Å². The molecule has 0 amide bonds. The van der Waals surface area contributed by atoms with E-state index in [2.05, 4.69) is 31.2 Å². The van der Waals surface area contributed by atoms with Crippen molar-refractivity contribution in [1.29, 1.82) is 0 Å². The smallest absolute Gasteiger partial charge is 0.387 e. The second-order valence-corrected chi connectivity index (χ2v) is 16.0. The summed E-state index contributed by atoms with van der Waals surface area (Å²) in [7, 11) is -43.1. The highest BCUT2D eigenvalue weighted by Crippen LogP contribution is 2.63. The summed E-state index contributed by atoms with van der Waals surface area (Å²) in [5.41, 5.74) is 0. The summed E-state index contributed by atoms with van der Waals surface area (Å²) in [6.07, 6.45) is -19.5. The van der Waals surface area contributed by atoms with Gasteiger partial charge in [0, 0.05) is 0 Å². The Morgan fingerprint density at radius 3 is 0.825 bits per heavy atom. The van der Waals surface area contributed by atoms with Crippen LogP contribution in [0, 0.1) is 0 Å². The van der Waals surface area contributed by atoms with Crippen LogP contribution in [0.25, 0.3) is 0 Å². The fourth-order valence-corrected chi connectivity index (χ4v) is 8.07. The third kappa shape index (κ3) is 14.5. The van der Waals surface area contributed by atoms with E-state index in [9.17, 15) is 56.6 Å². The predicted octanol–water partition coefficient (Wildman–Crippen LogP) is -3.02. The van der Waals surface area contributed by atoms with Crippen LogP contribution >= 0.6 is 54.8 Å². The first kappa shape index (κ1) is 38.8. The van der Waals surface area contributed by atoms with Gasteiger partial charge in [-0.25, -0.2) is 32.0 Å². The zero-order valence-corrected chi connectivity index (χ0v) is 24.4. The molecule has 0 aromatic carbocycles. The van der Waals surface area contributed by atoms with E-state index >= 15 is 0 Å². The summed E-state index contributed by atoms with van der Waals surface area (Å²) >= 11 is 0. The molecule has 27 nitrogen and oxygen atoms in total. The molecule has 8 atom stereocenters. The lowest BCUT2D eigenvalue weighted by atomic mass is 9.85. The Bertz CT molecular complexity index is 1230. The Labute approximate surface area is 219 Å². The third-order valence-corrected chi connectivity index (χ3v) is 9.60. The normalized spacial score (nSPS) is 30.4. The lowest BCUT2D eigenvalue weighted by Crippen LogP contribution is -2.66. The number of hydrogen-bond donors (Lipinski definition) is 13. The van der Waals surface area contributed by atoms with Crippen LogP contribution in [-0.2, 0) is 63.2 Å². The molecule has 40 heavy (non-hydrogen) atoms. The molecule has 34 heteroatoms. The quantitative estimate of drug-likeness (QED) is 0.0788. The van der Waals surface area contributed by atoms with Gasteiger partial charge in [-0.3, -0.25) is 22.6 Å². The first-order chi connectivity index (χ1) is 17.3. The van der Waals surface area contributed by atoms with Crippen molar-refractivity contribution in [2.75, 3.05) is 0 Å².